The second kappa shape index (κ2) is 7.70. The van der Waals surface area contributed by atoms with Gasteiger partial charge < -0.3 is 9.30 Å². The van der Waals surface area contributed by atoms with Crippen molar-refractivity contribution in [2.24, 2.45) is 0 Å². The Morgan fingerprint density at radius 1 is 1.20 bits per heavy atom. The maximum absolute atomic E-state index is 12.7. The molecule has 1 aromatic carbocycles. The number of hydrogen-bond acceptors (Lipinski definition) is 2. The Labute approximate surface area is 153 Å². The van der Waals surface area contributed by atoms with E-state index < -0.39 is 0 Å². The minimum Gasteiger partial charge on any atom is -0.345 e. The third-order valence-corrected chi connectivity index (χ3v) is 4.59. The van der Waals surface area contributed by atoms with Crippen molar-refractivity contribution < 1.29 is 4.79 Å². The third-order valence-electron chi connectivity index (χ3n) is 4.34. The highest BCUT2D eigenvalue weighted by atomic mass is 35.5. The van der Waals surface area contributed by atoms with Gasteiger partial charge in [0, 0.05) is 30.4 Å². The van der Waals surface area contributed by atoms with Gasteiger partial charge in [0.05, 0.1) is 17.8 Å². The fourth-order valence-corrected chi connectivity index (χ4v) is 2.98. The van der Waals surface area contributed by atoms with E-state index in [0.717, 1.165) is 42.0 Å². The molecule has 0 bridgehead atoms. The van der Waals surface area contributed by atoms with Crippen LogP contribution in [0, 0.1) is 0 Å². The van der Waals surface area contributed by atoms with Gasteiger partial charge in [0.15, 0.2) is 0 Å². The summed E-state index contributed by atoms with van der Waals surface area (Å²) in [7, 11) is 1.86. The Morgan fingerprint density at radius 3 is 2.68 bits per heavy atom. The average molecular weight is 356 g/mol. The third kappa shape index (κ3) is 3.85. The van der Waals surface area contributed by atoms with Crippen molar-refractivity contribution in [3.8, 4) is 11.3 Å². The van der Waals surface area contributed by atoms with E-state index in [1.807, 2.05) is 60.1 Å². The van der Waals surface area contributed by atoms with Crippen LogP contribution in [0.25, 0.3) is 16.9 Å². The molecule has 25 heavy (non-hydrogen) atoms. The summed E-state index contributed by atoms with van der Waals surface area (Å²) in [6, 6.07) is 13.4. The summed E-state index contributed by atoms with van der Waals surface area (Å²) in [6.07, 6.45) is 4.36. The van der Waals surface area contributed by atoms with Crippen LogP contribution in [-0.4, -0.2) is 33.8 Å². The number of likely N-dealkylation sites (N-methyl/N-ethyl adjacent to an activating group) is 1. The van der Waals surface area contributed by atoms with Gasteiger partial charge in [-0.2, -0.15) is 0 Å². The van der Waals surface area contributed by atoms with Gasteiger partial charge >= 0.3 is 0 Å². The number of rotatable bonds is 6. The number of unbranched alkanes of at least 4 members (excludes halogenated alkanes) is 1. The number of halogens is 1. The van der Waals surface area contributed by atoms with E-state index >= 15 is 0 Å². The number of nitrogens with zero attached hydrogens (tertiary/aromatic N) is 3. The Kier molecular flexibility index (Phi) is 5.39. The smallest absolute Gasteiger partial charge is 0.228 e. The van der Waals surface area contributed by atoms with Crippen molar-refractivity contribution in [1.29, 1.82) is 0 Å². The summed E-state index contributed by atoms with van der Waals surface area (Å²) < 4.78 is 2.00. The van der Waals surface area contributed by atoms with Crippen molar-refractivity contribution in [3.05, 3.63) is 59.4 Å². The lowest BCUT2D eigenvalue weighted by Crippen LogP contribution is -2.29. The zero-order valence-electron chi connectivity index (χ0n) is 14.6. The maximum Gasteiger partial charge on any atom is 0.228 e. The number of carbonyl (C=O) groups excluding carboxylic acids is 1. The van der Waals surface area contributed by atoms with E-state index in [9.17, 15) is 4.79 Å². The first-order chi connectivity index (χ1) is 12.1. The zero-order chi connectivity index (χ0) is 17.8. The van der Waals surface area contributed by atoms with Crippen LogP contribution in [0.1, 0.15) is 25.5 Å². The highest BCUT2D eigenvalue weighted by Gasteiger charge is 2.18. The van der Waals surface area contributed by atoms with Gasteiger partial charge in [-0.25, -0.2) is 4.98 Å². The van der Waals surface area contributed by atoms with Gasteiger partial charge in [0.1, 0.15) is 5.65 Å². The van der Waals surface area contributed by atoms with Crippen LogP contribution in [0.5, 0.6) is 0 Å². The molecule has 2 heterocycles. The van der Waals surface area contributed by atoms with Gasteiger partial charge in [-0.1, -0.05) is 43.1 Å². The van der Waals surface area contributed by atoms with Gasteiger partial charge in [-0.05, 0) is 30.7 Å². The lowest BCUT2D eigenvalue weighted by molar-refractivity contribution is -0.129. The van der Waals surface area contributed by atoms with E-state index in [4.69, 9.17) is 16.6 Å². The summed E-state index contributed by atoms with van der Waals surface area (Å²) in [5.74, 6) is 0.106. The first-order valence-electron chi connectivity index (χ1n) is 8.56. The fourth-order valence-electron chi connectivity index (χ4n) is 2.85. The molecule has 130 valence electrons. The first kappa shape index (κ1) is 17.5. The lowest BCUT2D eigenvalue weighted by Gasteiger charge is -2.17. The van der Waals surface area contributed by atoms with Crippen LogP contribution in [0.4, 0.5) is 0 Å². The van der Waals surface area contributed by atoms with Crippen molar-refractivity contribution >= 4 is 23.2 Å². The van der Waals surface area contributed by atoms with Crippen LogP contribution in [0.3, 0.4) is 0 Å². The molecule has 0 aliphatic heterocycles. The van der Waals surface area contributed by atoms with Crippen molar-refractivity contribution in [1.82, 2.24) is 14.3 Å². The normalized spacial score (nSPS) is 11.0. The van der Waals surface area contributed by atoms with E-state index in [2.05, 4.69) is 6.92 Å². The van der Waals surface area contributed by atoms with Gasteiger partial charge in [0.25, 0.3) is 0 Å². The number of pyridine rings is 1. The summed E-state index contributed by atoms with van der Waals surface area (Å²) >= 11 is 6.01. The van der Waals surface area contributed by atoms with Crippen LogP contribution in [0.2, 0.25) is 5.02 Å². The van der Waals surface area contributed by atoms with Gasteiger partial charge in [-0.3, -0.25) is 4.79 Å². The largest absolute Gasteiger partial charge is 0.345 e. The average Bonchev–Trinajstić information content (AvgIpc) is 2.99. The summed E-state index contributed by atoms with van der Waals surface area (Å²) in [5, 5.41) is 0.685. The molecular weight excluding hydrogens is 334 g/mol. The molecule has 2 aromatic heterocycles. The standard InChI is InChI=1S/C20H22ClN3O/c1-3-4-12-23(2)19(25)14-17-20(15-8-10-16(21)11-9-15)22-18-7-5-6-13-24(17)18/h5-11,13H,3-4,12,14H2,1-2H3. The molecule has 0 unspecified atom stereocenters. The Bertz CT molecular complexity index is 870. The summed E-state index contributed by atoms with van der Waals surface area (Å²) in [6.45, 7) is 2.91. The number of hydrogen-bond donors (Lipinski definition) is 0. The molecule has 1 amide bonds. The van der Waals surface area contributed by atoms with Crippen LogP contribution in [-0.2, 0) is 11.2 Å². The Balaban J connectivity index is 1.99. The number of imidazole rings is 1. The minimum atomic E-state index is 0.106. The fraction of sp³-hybridized carbons (Fsp3) is 0.300. The molecular formula is C20H22ClN3O. The van der Waals surface area contributed by atoms with Crippen molar-refractivity contribution in [2.75, 3.05) is 13.6 Å². The van der Waals surface area contributed by atoms with Crippen LogP contribution < -0.4 is 0 Å². The van der Waals surface area contributed by atoms with Crippen LogP contribution >= 0.6 is 11.6 Å². The minimum absolute atomic E-state index is 0.106. The van der Waals surface area contributed by atoms with Gasteiger partial charge in [-0.15, -0.1) is 0 Å². The number of amides is 1. The molecule has 0 aliphatic carbocycles. The zero-order valence-corrected chi connectivity index (χ0v) is 15.3. The highest BCUT2D eigenvalue weighted by Crippen LogP contribution is 2.26. The molecule has 0 saturated heterocycles. The van der Waals surface area contributed by atoms with Gasteiger partial charge in [0.2, 0.25) is 5.91 Å². The predicted octanol–water partition coefficient (Wildman–Crippen LogP) is 4.46. The maximum atomic E-state index is 12.7. The molecule has 0 fully saturated rings. The summed E-state index contributed by atoms with van der Waals surface area (Å²) in [4.78, 5) is 19.2. The molecule has 3 rings (SSSR count). The molecule has 0 saturated carbocycles. The second-order valence-corrected chi connectivity index (χ2v) is 6.62. The lowest BCUT2D eigenvalue weighted by atomic mass is 10.1. The van der Waals surface area contributed by atoms with Crippen molar-refractivity contribution in [2.45, 2.75) is 26.2 Å². The van der Waals surface area contributed by atoms with Crippen LogP contribution in [0.15, 0.2) is 48.7 Å². The number of carbonyl (C=O) groups is 1. The molecule has 5 heteroatoms. The number of fused-ring (bicyclic) bond motifs is 1. The molecule has 4 nitrogen and oxygen atoms in total. The Morgan fingerprint density at radius 2 is 1.96 bits per heavy atom. The number of aromatic nitrogens is 2. The SMILES string of the molecule is CCCCN(C)C(=O)Cc1c(-c2ccc(Cl)cc2)nc2ccccn12. The second-order valence-electron chi connectivity index (χ2n) is 6.19. The molecule has 0 radical (unpaired) electrons. The van der Waals surface area contributed by atoms with E-state index in [1.54, 1.807) is 4.90 Å². The quantitative estimate of drug-likeness (QED) is 0.654. The molecule has 0 N–H and O–H groups in total. The Hall–Kier alpha value is -2.33. The molecule has 0 spiro atoms. The highest BCUT2D eigenvalue weighted by molar-refractivity contribution is 6.30. The van der Waals surface area contributed by atoms with E-state index in [0.29, 0.717) is 11.4 Å². The predicted molar refractivity (Wildman–Crippen MR) is 102 cm³/mol. The molecule has 0 aliphatic rings. The monoisotopic (exact) mass is 355 g/mol. The van der Waals surface area contributed by atoms with E-state index in [-0.39, 0.29) is 5.91 Å². The van der Waals surface area contributed by atoms with Crippen molar-refractivity contribution in [3.63, 3.8) is 0 Å². The molecule has 3 aromatic rings. The topological polar surface area (TPSA) is 37.6 Å². The summed E-state index contributed by atoms with van der Waals surface area (Å²) in [5.41, 5.74) is 3.55. The number of benzene rings is 1. The van der Waals surface area contributed by atoms with E-state index in [1.165, 1.54) is 0 Å². The first-order valence-corrected chi connectivity index (χ1v) is 8.94. The molecule has 0 atom stereocenters.